The Morgan fingerprint density at radius 3 is 2.45 bits per heavy atom. The van der Waals surface area contributed by atoms with Crippen LogP contribution < -0.4 is 9.47 Å². The highest BCUT2D eigenvalue weighted by molar-refractivity contribution is 5.44. The fourth-order valence-electron chi connectivity index (χ4n) is 2.02. The molecule has 20 heavy (non-hydrogen) atoms. The number of aliphatic hydroxyl groups excluding tert-OH is 1. The fraction of sp³-hybridized carbons (Fsp3) is 0.312. The quantitative estimate of drug-likeness (QED) is 0.910. The van der Waals surface area contributed by atoms with Crippen molar-refractivity contribution < 1.29 is 14.6 Å². The van der Waals surface area contributed by atoms with E-state index in [1.54, 1.807) is 25.6 Å². The van der Waals surface area contributed by atoms with E-state index < -0.39 is 6.10 Å². The number of methoxy groups -OCH3 is 1. The number of hydrogen-bond acceptors (Lipinski definition) is 4. The zero-order valence-electron chi connectivity index (χ0n) is 11.9. The third-order valence-corrected chi connectivity index (χ3v) is 2.91. The summed E-state index contributed by atoms with van der Waals surface area (Å²) in [5.74, 6) is 1.23. The monoisotopic (exact) mass is 273 g/mol. The SMILES string of the molecule is COc1cnccc1C(O)c1ccccc1OC(C)C. The molecule has 0 saturated heterocycles. The molecule has 2 rings (SSSR count). The van der Waals surface area contributed by atoms with Gasteiger partial charge in [0.2, 0.25) is 0 Å². The predicted molar refractivity (Wildman–Crippen MR) is 77.1 cm³/mol. The Morgan fingerprint density at radius 1 is 1.05 bits per heavy atom. The van der Waals surface area contributed by atoms with Crippen molar-refractivity contribution in [1.29, 1.82) is 0 Å². The van der Waals surface area contributed by atoms with Gasteiger partial charge in [-0.25, -0.2) is 0 Å². The normalized spacial score (nSPS) is 12.2. The van der Waals surface area contributed by atoms with E-state index in [1.807, 2.05) is 38.1 Å². The zero-order chi connectivity index (χ0) is 14.5. The molecule has 1 aromatic carbocycles. The third kappa shape index (κ3) is 3.08. The average molecular weight is 273 g/mol. The summed E-state index contributed by atoms with van der Waals surface area (Å²) in [4.78, 5) is 4.00. The van der Waals surface area contributed by atoms with Crippen LogP contribution in [0.15, 0.2) is 42.7 Å². The maximum Gasteiger partial charge on any atom is 0.143 e. The van der Waals surface area contributed by atoms with Gasteiger partial charge in [-0.05, 0) is 26.0 Å². The maximum atomic E-state index is 10.6. The summed E-state index contributed by atoms with van der Waals surface area (Å²) in [5.41, 5.74) is 1.38. The maximum absolute atomic E-state index is 10.6. The molecule has 0 bridgehead atoms. The van der Waals surface area contributed by atoms with E-state index >= 15 is 0 Å². The third-order valence-electron chi connectivity index (χ3n) is 2.91. The highest BCUT2D eigenvalue weighted by Gasteiger charge is 2.19. The van der Waals surface area contributed by atoms with Crippen LogP contribution in [0.2, 0.25) is 0 Å². The molecule has 1 aromatic heterocycles. The van der Waals surface area contributed by atoms with Crippen LogP contribution in [-0.4, -0.2) is 23.3 Å². The molecule has 1 unspecified atom stereocenters. The Balaban J connectivity index is 2.40. The topological polar surface area (TPSA) is 51.6 Å². The van der Waals surface area contributed by atoms with Crippen LogP contribution in [0.4, 0.5) is 0 Å². The summed E-state index contributed by atoms with van der Waals surface area (Å²) in [6.45, 7) is 3.91. The van der Waals surface area contributed by atoms with Crippen LogP contribution in [0.25, 0.3) is 0 Å². The van der Waals surface area contributed by atoms with Crippen LogP contribution >= 0.6 is 0 Å². The lowest BCUT2D eigenvalue weighted by atomic mass is 10.0. The van der Waals surface area contributed by atoms with Gasteiger partial charge in [0.05, 0.1) is 19.4 Å². The summed E-state index contributed by atoms with van der Waals surface area (Å²) in [5, 5.41) is 10.6. The van der Waals surface area contributed by atoms with Gasteiger partial charge in [-0.1, -0.05) is 18.2 Å². The lowest BCUT2D eigenvalue weighted by Gasteiger charge is -2.19. The van der Waals surface area contributed by atoms with Gasteiger partial charge in [-0.15, -0.1) is 0 Å². The second-order valence-electron chi connectivity index (χ2n) is 4.72. The summed E-state index contributed by atoms with van der Waals surface area (Å²) < 4.78 is 11.0. The van der Waals surface area contributed by atoms with Crippen molar-refractivity contribution in [2.45, 2.75) is 26.1 Å². The van der Waals surface area contributed by atoms with E-state index in [0.717, 1.165) is 0 Å². The van der Waals surface area contributed by atoms with Crippen LogP contribution in [-0.2, 0) is 0 Å². The molecule has 0 radical (unpaired) electrons. The van der Waals surface area contributed by atoms with Crippen LogP contribution in [0, 0.1) is 0 Å². The number of nitrogens with zero attached hydrogens (tertiary/aromatic N) is 1. The molecule has 0 saturated carbocycles. The average Bonchev–Trinajstić information content (AvgIpc) is 2.46. The molecule has 0 spiro atoms. The van der Waals surface area contributed by atoms with E-state index in [-0.39, 0.29) is 6.10 Å². The first kappa shape index (κ1) is 14.3. The molecule has 1 N–H and O–H groups in total. The predicted octanol–water partition coefficient (Wildman–Crippen LogP) is 2.96. The van der Waals surface area contributed by atoms with Crippen molar-refractivity contribution in [3.63, 3.8) is 0 Å². The highest BCUT2D eigenvalue weighted by atomic mass is 16.5. The first-order valence-electron chi connectivity index (χ1n) is 6.55. The molecule has 1 atom stereocenters. The fourth-order valence-corrected chi connectivity index (χ4v) is 2.02. The number of aromatic nitrogens is 1. The number of para-hydroxylation sites is 1. The second-order valence-corrected chi connectivity index (χ2v) is 4.72. The standard InChI is InChI=1S/C16H19NO3/c1-11(2)20-14-7-5-4-6-12(14)16(18)13-8-9-17-10-15(13)19-3/h4-11,16,18H,1-3H3. The van der Waals surface area contributed by atoms with Gasteiger partial charge >= 0.3 is 0 Å². The molecule has 0 aliphatic rings. The minimum absolute atomic E-state index is 0.0442. The molecule has 0 aliphatic heterocycles. The molecular weight excluding hydrogens is 254 g/mol. The molecule has 2 aromatic rings. The Morgan fingerprint density at radius 2 is 1.75 bits per heavy atom. The van der Waals surface area contributed by atoms with E-state index in [1.165, 1.54) is 0 Å². The number of pyridine rings is 1. The summed E-state index contributed by atoms with van der Waals surface area (Å²) in [6.07, 6.45) is 2.45. The van der Waals surface area contributed by atoms with Crippen molar-refractivity contribution in [3.05, 3.63) is 53.9 Å². The largest absolute Gasteiger partial charge is 0.495 e. The van der Waals surface area contributed by atoms with Gasteiger partial charge in [0.1, 0.15) is 17.6 Å². The Labute approximate surface area is 119 Å². The number of aliphatic hydroxyl groups is 1. The minimum atomic E-state index is -0.817. The molecule has 0 amide bonds. The molecule has 106 valence electrons. The molecular formula is C16H19NO3. The van der Waals surface area contributed by atoms with Crippen molar-refractivity contribution in [2.75, 3.05) is 7.11 Å². The Bertz CT molecular complexity index is 569. The van der Waals surface area contributed by atoms with E-state index in [0.29, 0.717) is 22.6 Å². The molecule has 0 aliphatic carbocycles. The second kappa shape index (κ2) is 6.39. The van der Waals surface area contributed by atoms with Crippen LogP contribution in [0.5, 0.6) is 11.5 Å². The lowest BCUT2D eigenvalue weighted by molar-refractivity contribution is 0.194. The minimum Gasteiger partial charge on any atom is -0.495 e. The smallest absolute Gasteiger partial charge is 0.143 e. The van der Waals surface area contributed by atoms with Gasteiger partial charge < -0.3 is 14.6 Å². The molecule has 4 heteroatoms. The van der Waals surface area contributed by atoms with E-state index in [4.69, 9.17) is 9.47 Å². The Hall–Kier alpha value is -2.07. The highest BCUT2D eigenvalue weighted by Crippen LogP contribution is 2.34. The summed E-state index contributed by atoms with van der Waals surface area (Å²) >= 11 is 0. The Kier molecular flexibility index (Phi) is 4.58. The molecule has 1 heterocycles. The van der Waals surface area contributed by atoms with E-state index in [9.17, 15) is 5.11 Å². The number of benzene rings is 1. The number of hydrogen-bond donors (Lipinski definition) is 1. The number of rotatable bonds is 5. The summed E-state index contributed by atoms with van der Waals surface area (Å²) in [7, 11) is 1.56. The lowest BCUT2D eigenvalue weighted by Crippen LogP contribution is -2.10. The molecule has 0 fully saturated rings. The molecule has 4 nitrogen and oxygen atoms in total. The van der Waals surface area contributed by atoms with Crippen molar-refractivity contribution in [1.82, 2.24) is 4.98 Å². The van der Waals surface area contributed by atoms with Gasteiger partial charge in [-0.3, -0.25) is 4.98 Å². The van der Waals surface area contributed by atoms with Gasteiger partial charge in [0.15, 0.2) is 0 Å². The van der Waals surface area contributed by atoms with Crippen molar-refractivity contribution >= 4 is 0 Å². The summed E-state index contributed by atoms with van der Waals surface area (Å²) in [6, 6.07) is 9.21. The van der Waals surface area contributed by atoms with Gasteiger partial charge in [0.25, 0.3) is 0 Å². The zero-order valence-corrected chi connectivity index (χ0v) is 11.9. The van der Waals surface area contributed by atoms with E-state index in [2.05, 4.69) is 4.98 Å². The first-order chi connectivity index (χ1) is 9.63. The van der Waals surface area contributed by atoms with Crippen molar-refractivity contribution in [2.24, 2.45) is 0 Å². The van der Waals surface area contributed by atoms with Gasteiger partial charge in [-0.2, -0.15) is 0 Å². The van der Waals surface area contributed by atoms with Crippen LogP contribution in [0.1, 0.15) is 31.1 Å². The van der Waals surface area contributed by atoms with Crippen LogP contribution in [0.3, 0.4) is 0 Å². The first-order valence-corrected chi connectivity index (χ1v) is 6.55. The van der Waals surface area contributed by atoms with Gasteiger partial charge in [0, 0.05) is 17.3 Å². The number of ether oxygens (including phenoxy) is 2. The van der Waals surface area contributed by atoms with Crippen molar-refractivity contribution in [3.8, 4) is 11.5 Å².